The fraction of sp³-hybridized carbons (Fsp3) is 0.417. The Morgan fingerprint density at radius 1 is 1.52 bits per heavy atom. The lowest BCUT2D eigenvalue weighted by atomic mass is 10.1. The molecule has 114 valence electrons. The highest BCUT2D eigenvalue weighted by Crippen LogP contribution is 2.17. The number of carboxylic acids is 1. The zero-order valence-corrected chi connectivity index (χ0v) is 12.1. The average molecular weight is 313 g/mol. The minimum atomic E-state index is -3.57. The molecule has 0 radical (unpaired) electrons. The van der Waals surface area contributed by atoms with Gasteiger partial charge in [0, 0.05) is 18.8 Å². The van der Waals surface area contributed by atoms with Crippen LogP contribution >= 0.6 is 0 Å². The van der Waals surface area contributed by atoms with Crippen LogP contribution in [-0.4, -0.2) is 54.5 Å². The summed E-state index contributed by atoms with van der Waals surface area (Å²) in [5, 5.41) is 11.2. The van der Waals surface area contributed by atoms with Gasteiger partial charge in [-0.1, -0.05) is 0 Å². The summed E-state index contributed by atoms with van der Waals surface area (Å²) >= 11 is 0. The molecule has 0 aromatic carbocycles. The summed E-state index contributed by atoms with van der Waals surface area (Å²) in [4.78, 5) is 24.3. The number of rotatable bonds is 4. The SMILES string of the molecule is CC(CC(=O)O)NC(=O)C1=CC=CN2CCS(=O)(=O)N=C12. The fourth-order valence-corrected chi connectivity index (χ4v) is 2.99. The average Bonchev–Trinajstić information content (AvgIpc) is 2.35. The predicted octanol–water partition coefficient (Wildman–Crippen LogP) is -0.537. The summed E-state index contributed by atoms with van der Waals surface area (Å²) in [6.45, 7) is 1.79. The maximum atomic E-state index is 12.1. The fourth-order valence-electron chi connectivity index (χ4n) is 2.01. The van der Waals surface area contributed by atoms with Crippen molar-refractivity contribution in [2.45, 2.75) is 19.4 Å². The van der Waals surface area contributed by atoms with E-state index in [-0.39, 0.29) is 30.1 Å². The molecule has 1 amide bonds. The standard InChI is InChI=1S/C12H15N3O5S/c1-8(7-10(16)17)13-12(18)9-3-2-4-15-5-6-21(19,20)14-11(9)15/h2-4,8H,5-7H2,1H3,(H,13,18)(H,16,17). The first kappa shape index (κ1) is 15.2. The summed E-state index contributed by atoms with van der Waals surface area (Å²) in [5.41, 5.74) is 0.109. The van der Waals surface area contributed by atoms with Crippen molar-refractivity contribution in [1.82, 2.24) is 10.2 Å². The van der Waals surface area contributed by atoms with Crippen LogP contribution in [0.25, 0.3) is 0 Å². The van der Waals surface area contributed by atoms with E-state index >= 15 is 0 Å². The van der Waals surface area contributed by atoms with E-state index in [2.05, 4.69) is 9.71 Å². The Hall–Kier alpha value is -2.16. The van der Waals surface area contributed by atoms with Gasteiger partial charge < -0.3 is 15.3 Å². The number of fused-ring (bicyclic) bond motifs is 1. The minimum absolute atomic E-state index is 0.0729. The number of amides is 1. The molecule has 2 aliphatic heterocycles. The first-order valence-corrected chi connectivity index (χ1v) is 7.90. The van der Waals surface area contributed by atoms with Crippen LogP contribution in [0.4, 0.5) is 0 Å². The maximum absolute atomic E-state index is 12.1. The molecule has 0 saturated heterocycles. The van der Waals surface area contributed by atoms with Crippen LogP contribution in [0, 0.1) is 0 Å². The van der Waals surface area contributed by atoms with E-state index in [1.165, 1.54) is 6.08 Å². The van der Waals surface area contributed by atoms with Gasteiger partial charge in [-0.15, -0.1) is 4.40 Å². The number of amidine groups is 1. The number of allylic oxidation sites excluding steroid dienone is 2. The van der Waals surface area contributed by atoms with Gasteiger partial charge in [0.1, 0.15) is 0 Å². The van der Waals surface area contributed by atoms with Crippen LogP contribution in [0.3, 0.4) is 0 Å². The lowest BCUT2D eigenvalue weighted by Crippen LogP contribution is -2.44. The first-order valence-electron chi connectivity index (χ1n) is 6.29. The van der Waals surface area contributed by atoms with E-state index in [4.69, 9.17) is 5.11 Å². The van der Waals surface area contributed by atoms with Crippen molar-refractivity contribution in [1.29, 1.82) is 0 Å². The van der Waals surface area contributed by atoms with Crippen molar-refractivity contribution in [2.75, 3.05) is 12.3 Å². The highest BCUT2D eigenvalue weighted by molar-refractivity contribution is 7.90. The Kier molecular flexibility index (Phi) is 4.12. The number of nitrogens with zero attached hydrogens (tertiary/aromatic N) is 2. The first-order chi connectivity index (χ1) is 9.78. The largest absolute Gasteiger partial charge is 0.481 e. The zero-order chi connectivity index (χ0) is 15.6. The molecule has 8 nitrogen and oxygen atoms in total. The van der Waals surface area contributed by atoms with Crippen molar-refractivity contribution in [3.8, 4) is 0 Å². The number of sulfonamides is 1. The molecule has 1 atom stereocenters. The molecule has 2 N–H and O–H groups in total. The lowest BCUT2D eigenvalue weighted by molar-refractivity contribution is -0.137. The molecule has 0 spiro atoms. The summed E-state index contributed by atoms with van der Waals surface area (Å²) in [6, 6.07) is -0.573. The number of carboxylic acid groups (broad SMARTS) is 1. The Balaban J connectivity index is 2.20. The van der Waals surface area contributed by atoms with Crippen molar-refractivity contribution in [3.05, 3.63) is 23.9 Å². The second-order valence-corrected chi connectivity index (χ2v) is 6.54. The number of carbonyl (C=O) groups is 2. The van der Waals surface area contributed by atoms with Crippen molar-refractivity contribution < 1.29 is 23.1 Å². The van der Waals surface area contributed by atoms with Crippen LogP contribution in [0.2, 0.25) is 0 Å². The number of hydrogen-bond donors (Lipinski definition) is 2. The molecule has 0 saturated carbocycles. The molecule has 21 heavy (non-hydrogen) atoms. The Labute approximate surface area is 121 Å². The summed E-state index contributed by atoms with van der Waals surface area (Å²) in [7, 11) is -3.57. The van der Waals surface area contributed by atoms with Gasteiger partial charge in [0.25, 0.3) is 15.9 Å². The number of nitrogens with one attached hydrogen (secondary N) is 1. The van der Waals surface area contributed by atoms with Crippen LogP contribution in [0.15, 0.2) is 28.3 Å². The third-order valence-corrected chi connectivity index (χ3v) is 4.11. The van der Waals surface area contributed by atoms with Gasteiger partial charge in [0.05, 0.1) is 17.7 Å². The van der Waals surface area contributed by atoms with Crippen molar-refractivity contribution in [2.24, 2.45) is 4.40 Å². The lowest BCUT2D eigenvalue weighted by Gasteiger charge is -2.29. The molecule has 0 fully saturated rings. The van der Waals surface area contributed by atoms with Crippen LogP contribution < -0.4 is 5.32 Å². The molecule has 0 aliphatic carbocycles. The summed E-state index contributed by atoms with van der Waals surface area (Å²) in [6.07, 6.45) is 4.50. The van der Waals surface area contributed by atoms with E-state index in [1.54, 1.807) is 24.1 Å². The molecule has 2 heterocycles. The molecular weight excluding hydrogens is 298 g/mol. The number of hydrogen-bond acceptors (Lipinski definition) is 5. The molecule has 2 rings (SSSR count). The van der Waals surface area contributed by atoms with E-state index in [9.17, 15) is 18.0 Å². The molecule has 0 aromatic heterocycles. The number of aliphatic carboxylic acids is 1. The third-order valence-electron chi connectivity index (χ3n) is 2.96. The minimum Gasteiger partial charge on any atom is -0.481 e. The highest BCUT2D eigenvalue weighted by Gasteiger charge is 2.30. The van der Waals surface area contributed by atoms with Gasteiger partial charge in [-0.25, -0.2) is 8.42 Å². The quantitative estimate of drug-likeness (QED) is 0.720. The molecule has 0 aromatic rings. The van der Waals surface area contributed by atoms with E-state index < -0.39 is 27.9 Å². The second-order valence-electron chi connectivity index (χ2n) is 4.79. The Bertz CT molecular complexity index is 662. The van der Waals surface area contributed by atoms with E-state index in [0.29, 0.717) is 0 Å². The monoisotopic (exact) mass is 313 g/mol. The Morgan fingerprint density at radius 2 is 2.24 bits per heavy atom. The van der Waals surface area contributed by atoms with E-state index in [0.717, 1.165) is 0 Å². The predicted molar refractivity (Wildman–Crippen MR) is 75.0 cm³/mol. The highest BCUT2D eigenvalue weighted by atomic mass is 32.2. The number of carbonyl (C=O) groups excluding carboxylic acids is 1. The zero-order valence-electron chi connectivity index (χ0n) is 11.3. The third kappa shape index (κ3) is 3.69. The maximum Gasteiger partial charge on any atom is 0.305 e. The molecule has 2 aliphatic rings. The normalized spacial score (nSPS) is 20.9. The molecule has 1 unspecified atom stereocenters. The molecular formula is C12H15N3O5S. The van der Waals surface area contributed by atoms with Gasteiger partial charge in [-0.3, -0.25) is 9.59 Å². The van der Waals surface area contributed by atoms with Gasteiger partial charge in [-0.05, 0) is 19.1 Å². The van der Waals surface area contributed by atoms with Crippen LogP contribution in [0.5, 0.6) is 0 Å². The van der Waals surface area contributed by atoms with Gasteiger partial charge in [-0.2, -0.15) is 0 Å². The van der Waals surface area contributed by atoms with Crippen LogP contribution in [0.1, 0.15) is 13.3 Å². The Morgan fingerprint density at radius 3 is 2.90 bits per heavy atom. The van der Waals surface area contributed by atoms with Crippen molar-refractivity contribution >= 4 is 27.7 Å². The smallest absolute Gasteiger partial charge is 0.305 e. The summed E-state index contributed by atoms with van der Waals surface area (Å²) < 4.78 is 26.8. The van der Waals surface area contributed by atoms with Gasteiger partial charge in [0.2, 0.25) is 0 Å². The van der Waals surface area contributed by atoms with Gasteiger partial charge >= 0.3 is 5.97 Å². The van der Waals surface area contributed by atoms with E-state index in [1.807, 2.05) is 0 Å². The van der Waals surface area contributed by atoms with Crippen molar-refractivity contribution in [3.63, 3.8) is 0 Å². The van der Waals surface area contributed by atoms with Gasteiger partial charge in [0.15, 0.2) is 5.84 Å². The topological polar surface area (TPSA) is 116 Å². The summed E-state index contributed by atoms with van der Waals surface area (Å²) in [5.74, 6) is -1.61. The second kappa shape index (κ2) is 5.68. The molecule has 9 heteroatoms. The molecule has 0 bridgehead atoms. The van der Waals surface area contributed by atoms with Crippen LogP contribution in [-0.2, 0) is 19.6 Å².